The summed E-state index contributed by atoms with van der Waals surface area (Å²) >= 11 is 5.74. The number of Topliss-reactive ketones (excluding diaryl/α,β-unsaturated/α-hetero) is 1. The second kappa shape index (κ2) is 5.32. The van der Waals surface area contributed by atoms with E-state index >= 15 is 0 Å². The van der Waals surface area contributed by atoms with Crippen LogP contribution >= 0.6 is 11.6 Å². The van der Waals surface area contributed by atoms with Gasteiger partial charge in [0.05, 0.1) is 12.5 Å². The Kier molecular flexibility index (Phi) is 4.29. The quantitative estimate of drug-likeness (QED) is 0.613. The van der Waals surface area contributed by atoms with Gasteiger partial charge >= 0.3 is 5.97 Å². The van der Waals surface area contributed by atoms with E-state index in [0.29, 0.717) is 10.6 Å². The highest BCUT2D eigenvalue weighted by molar-refractivity contribution is 6.30. The molecule has 0 aromatic heterocycles. The van der Waals surface area contributed by atoms with E-state index in [0.717, 1.165) is 0 Å². The molecular weight excluding hydrogens is 240 g/mol. The Hall–Kier alpha value is -1.35. The van der Waals surface area contributed by atoms with E-state index in [1.165, 1.54) is 7.11 Å². The van der Waals surface area contributed by atoms with Crippen molar-refractivity contribution in [1.82, 2.24) is 0 Å². The Morgan fingerprint density at radius 1 is 1.24 bits per heavy atom. The van der Waals surface area contributed by atoms with E-state index in [9.17, 15) is 9.59 Å². The third-order valence-electron chi connectivity index (χ3n) is 2.51. The lowest BCUT2D eigenvalue weighted by Crippen LogP contribution is -2.28. The van der Waals surface area contributed by atoms with E-state index in [2.05, 4.69) is 4.74 Å². The molecule has 0 aliphatic rings. The van der Waals surface area contributed by atoms with Gasteiger partial charge in [-0.3, -0.25) is 9.59 Å². The minimum absolute atomic E-state index is 0.0999. The minimum Gasteiger partial charge on any atom is -0.469 e. The monoisotopic (exact) mass is 254 g/mol. The van der Waals surface area contributed by atoms with Gasteiger partial charge in [-0.05, 0) is 38.1 Å². The Morgan fingerprint density at radius 2 is 1.76 bits per heavy atom. The Balaban J connectivity index is 2.79. The molecule has 0 spiro atoms. The molecule has 0 heterocycles. The highest BCUT2D eigenvalue weighted by atomic mass is 35.5. The summed E-state index contributed by atoms with van der Waals surface area (Å²) in [6, 6.07) is 6.61. The van der Waals surface area contributed by atoms with Crippen molar-refractivity contribution >= 4 is 23.4 Å². The van der Waals surface area contributed by atoms with Crippen LogP contribution in [0.2, 0.25) is 5.02 Å². The molecule has 3 nitrogen and oxygen atoms in total. The standard InChI is InChI=1S/C13H15ClO3/c1-13(2,12(16)17-3)8-11(15)9-4-6-10(14)7-5-9/h4-7H,8H2,1-3H3. The fourth-order valence-electron chi connectivity index (χ4n) is 1.49. The van der Waals surface area contributed by atoms with Crippen molar-refractivity contribution in [2.75, 3.05) is 7.11 Å². The number of hydrogen-bond acceptors (Lipinski definition) is 3. The van der Waals surface area contributed by atoms with E-state index in [1.54, 1.807) is 38.1 Å². The average molecular weight is 255 g/mol. The zero-order valence-corrected chi connectivity index (χ0v) is 10.9. The minimum atomic E-state index is -0.814. The third kappa shape index (κ3) is 3.56. The van der Waals surface area contributed by atoms with Gasteiger partial charge < -0.3 is 4.74 Å². The number of carbonyl (C=O) groups excluding carboxylic acids is 2. The molecule has 0 unspecified atom stereocenters. The first-order chi connectivity index (χ1) is 7.86. The second-order valence-electron chi connectivity index (χ2n) is 4.48. The number of rotatable bonds is 4. The number of esters is 1. The lowest BCUT2D eigenvalue weighted by Gasteiger charge is -2.20. The average Bonchev–Trinajstić information content (AvgIpc) is 2.28. The van der Waals surface area contributed by atoms with Crippen LogP contribution in [0, 0.1) is 5.41 Å². The van der Waals surface area contributed by atoms with Crippen molar-refractivity contribution in [3.63, 3.8) is 0 Å². The zero-order valence-electron chi connectivity index (χ0n) is 10.1. The zero-order chi connectivity index (χ0) is 13.1. The number of carbonyl (C=O) groups is 2. The molecule has 0 fully saturated rings. The topological polar surface area (TPSA) is 43.4 Å². The highest BCUT2D eigenvalue weighted by Gasteiger charge is 2.31. The van der Waals surface area contributed by atoms with E-state index in [4.69, 9.17) is 11.6 Å². The first-order valence-corrected chi connectivity index (χ1v) is 5.62. The Labute approximate surface area is 106 Å². The van der Waals surface area contributed by atoms with Gasteiger partial charge in [-0.2, -0.15) is 0 Å². The SMILES string of the molecule is COC(=O)C(C)(C)CC(=O)c1ccc(Cl)cc1. The molecule has 92 valence electrons. The molecule has 0 bridgehead atoms. The predicted octanol–water partition coefficient (Wildman–Crippen LogP) is 3.11. The molecule has 4 heteroatoms. The van der Waals surface area contributed by atoms with Gasteiger partial charge in [-0.25, -0.2) is 0 Å². The lowest BCUT2D eigenvalue weighted by atomic mass is 9.85. The van der Waals surface area contributed by atoms with Crippen LogP contribution in [0.1, 0.15) is 30.6 Å². The molecule has 0 radical (unpaired) electrons. The maximum absolute atomic E-state index is 11.9. The van der Waals surface area contributed by atoms with Gasteiger partial charge in [-0.1, -0.05) is 11.6 Å². The summed E-state index contributed by atoms with van der Waals surface area (Å²) in [5.41, 5.74) is -0.266. The Bertz CT molecular complexity index is 421. The fraction of sp³-hybridized carbons (Fsp3) is 0.385. The van der Waals surface area contributed by atoms with Crippen molar-refractivity contribution in [3.8, 4) is 0 Å². The van der Waals surface area contributed by atoms with Gasteiger partial charge in [0.1, 0.15) is 0 Å². The van der Waals surface area contributed by atoms with Gasteiger partial charge in [0.2, 0.25) is 0 Å². The van der Waals surface area contributed by atoms with Crippen LogP contribution in [0.5, 0.6) is 0 Å². The second-order valence-corrected chi connectivity index (χ2v) is 4.92. The fourth-order valence-corrected chi connectivity index (χ4v) is 1.61. The number of benzene rings is 1. The number of methoxy groups -OCH3 is 1. The van der Waals surface area contributed by atoms with E-state index < -0.39 is 5.41 Å². The molecule has 1 aromatic carbocycles. The first-order valence-electron chi connectivity index (χ1n) is 5.24. The van der Waals surface area contributed by atoms with Gasteiger partial charge in [0.25, 0.3) is 0 Å². The summed E-state index contributed by atoms with van der Waals surface area (Å²) < 4.78 is 4.66. The number of hydrogen-bond donors (Lipinski definition) is 0. The number of halogens is 1. The summed E-state index contributed by atoms with van der Waals surface area (Å²) in [4.78, 5) is 23.4. The van der Waals surface area contributed by atoms with Crippen molar-refractivity contribution in [3.05, 3.63) is 34.9 Å². The van der Waals surface area contributed by atoms with E-state index in [-0.39, 0.29) is 18.2 Å². The van der Waals surface area contributed by atoms with Crippen LogP contribution in [0.4, 0.5) is 0 Å². The summed E-state index contributed by atoms with van der Waals surface area (Å²) in [6.07, 6.45) is 0.112. The normalized spacial score (nSPS) is 11.1. The summed E-state index contributed by atoms with van der Waals surface area (Å²) in [6.45, 7) is 3.37. The van der Waals surface area contributed by atoms with Crippen molar-refractivity contribution in [2.45, 2.75) is 20.3 Å². The molecule has 0 amide bonds. The van der Waals surface area contributed by atoms with Crippen LogP contribution in [0.25, 0.3) is 0 Å². The summed E-state index contributed by atoms with van der Waals surface area (Å²) in [7, 11) is 1.32. The summed E-state index contributed by atoms with van der Waals surface area (Å²) in [5.74, 6) is -0.489. The molecule has 0 saturated carbocycles. The molecule has 0 N–H and O–H groups in total. The van der Waals surface area contributed by atoms with Crippen LogP contribution in [0.15, 0.2) is 24.3 Å². The van der Waals surface area contributed by atoms with Gasteiger partial charge in [0, 0.05) is 17.0 Å². The maximum Gasteiger partial charge on any atom is 0.311 e. The maximum atomic E-state index is 11.9. The van der Waals surface area contributed by atoms with Crippen LogP contribution in [-0.4, -0.2) is 18.9 Å². The molecule has 0 aliphatic carbocycles. The first kappa shape index (κ1) is 13.7. The van der Waals surface area contributed by atoms with Crippen molar-refractivity contribution in [2.24, 2.45) is 5.41 Å². The molecule has 0 atom stereocenters. The largest absolute Gasteiger partial charge is 0.469 e. The molecular formula is C13H15ClO3. The van der Waals surface area contributed by atoms with Crippen LogP contribution in [0.3, 0.4) is 0 Å². The van der Waals surface area contributed by atoms with Crippen LogP contribution in [-0.2, 0) is 9.53 Å². The van der Waals surface area contributed by atoms with Gasteiger partial charge in [0.15, 0.2) is 5.78 Å². The van der Waals surface area contributed by atoms with Crippen LogP contribution < -0.4 is 0 Å². The molecule has 17 heavy (non-hydrogen) atoms. The molecule has 0 aliphatic heterocycles. The Morgan fingerprint density at radius 3 is 2.24 bits per heavy atom. The van der Waals surface area contributed by atoms with Crippen molar-refractivity contribution < 1.29 is 14.3 Å². The summed E-state index contributed by atoms with van der Waals surface area (Å²) in [5, 5.41) is 0.578. The smallest absolute Gasteiger partial charge is 0.311 e. The lowest BCUT2D eigenvalue weighted by molar-refractivity contribution is -0.150. The third-order valence-corrected chi connectivity index (χ3v) is 2.76. The van der Waals surface area contributed by atoms with E-state index in [1.807, 2.05) is 0 Å². The molecule has 1 rings (SSSR count). The molecule has 1 aromatic rings. The van der Waals surface area contributed by atoms with Crippen molar-refractivity contribution in [1.29, 1.82) is 0 Å². The molecule has 0 saturated heterocycles. The number of ether oxygens (including phenoxy) is 1. The number of ketones is 1. The highest BCUT2D eigenvalue weighted by Crippen LogP contribution is 2.24. The van der Waals surface area contributed by atoms with Gasteiger partial charge in [-0.15, -0.1) is 0 Å². The predicted molar refractivity (Wildman–Crippen MR) is 66.2 cm³/mol.